The molecule has 9 nitrogen and oxygen atoms in total. The maximum atomic E-state index is 13.4. The maximum Gasteiger partial charge on any atom is 0.332 e. The fourth-order valence-electron chi connectivity index (χ4n) is 4.24. The highest BCUT2D eigenvalue weighted by atomic mass is 16.5. The Balaban J connectivity index is 1.98. The van der Waals surface area contributed by atoms with Crippen LogP contribution in [0.5, 0.6) is 11.5 Å². The third-order valence-corrected chi connectivity index (χ3v) is 5.67. The van der Waals surface area contributed by atoms with E-state index in [9.17, 15) is 9.59 Å². The first-order valence-electron chi connectivity index (χ1n) is 10.5. The number of imidazole rings is 1. The van der Waals surface area contributed by atoms with Crippen molar-refractivity contribution in [2.24, 2.45) is 18.9 Å². The van der Waals surface area contributed by atoms with Crippen molar-refractivity contribution in [3.63, 3.8) is 0 Å². The van der Waals surface area contributed by atoms with Gasteiger partial charge < -0.3 is 18.9 Å². The van der Waals surface area contributed by atoms with Gasteiger partial charge in [-0.25, -0.2) is 4.79 Å². The Morgan fingerprint density at radius 2 is 1.90 bits per heavy atom. The van der Waals surface area contributed by atoms with E-state index in [0.29, 0.717) is 48.2 Å². The molecule has 0 fully saturated rings. The van der Waals surface area contributed by atoms with Crippen LogP contribution in [0.3, 0.4) is 0 Å². The van der Waals surface area contributed by atoms with E-state index < -0.39 is 0 Å². The topological polar surface area (TPSA) is 83.5 Å². The second-order valence-corrected chi connectivity index (χ2v) is 8.60. The Morgan fingerprint density at radius 3 is 2.55 bits per heavy atom. The van der Waals surface area contributed by atoms with Crippen LogP contribution in [0.2, 0.25) is 0 Å². The van der Waals surface area contributed by atoms with E-state index in [0.717, 1.165) is 5.69 Å². The lowest BCUT2D eigenvalue weighted by atomic mass is 10.1. The summed E-state index contributed by atoms with van der Waals surface area (Å²) in [5.74, 6) is 2.40. The van der Waals surface area contributed by atoms with Crippen LogP contribution in [0, 0.1) is 11.8 Å². The van der Waals surface area contributed by atoms with Crippen molar-refractivity contribution in [3.8, 4) is 11.5 Å². The van der Waals surface area contributed by atoms with Crippen LogP contribution in [-0.4, -0.2) is 39.4 Å². The third kappa shape index (κ3) is 3.37. The summed E-state index contributed by atoms with van der Waals surface area (Å²) in [6.07, 6.45) is 0. The highest BCUT2D eigenvalue weighted by Crippen LogP contribution is 2.39. The minimum absolute atomic E-state index is 0.172. The number of fused-ring (bicyclic) bond motifs is 3. The van der Waals surface area contributed by atoms with Gasteiger partial charge in [0.25, 0.3) is 5.56 Å². The quantitative estimate of drug-likeness (QED) is 0.622. The largest absolute Gasteiger partial charge is 0.497 e. The molecule has 0 spiro atoms. The lowest BCUT2D eigenvalue weighted by molar-refractivity contribution is 0.392. The molecule has 0 N–H and O–H groups in total. The summed E-state index contributed by atoms with van der Waals surface area (Å²) in [5, 5.41) is 0. The van der Waals surface area contributed by atoms with E-state index in [1.54, 1.807) is 21.3 Å². The summed E-state index contributed by atoms with van der Waals surface area (Å²) in [5.41, 5.74) is 1.06. The highest BCUT2D eigenvalue weighted by Gasteiger charge is 2.31. The number of rotatable bonds is 5. The molecule has 2 aromatic heterocycles. The predicted octanol–water partition coefficient (Wildman–Crippen LogP) is 2.36. The summed E-state index contributed by atoms with van der Waals surface area (Å²) >= 11 is 0. The lowest BCUT2D eigenvalue weighted by Crippen LogP contribution is -2.41. The molecule has 4 rings (SSSR count). The van der Waals surface area contributed by atoms with Crippen molar-refractivity contribution in [2.75, 3.05) is 25.7 Å². The summed E-state index contributed by atoms with van der Waals surface area (Å²) in [4.78, 5) is 33.0. The molecule has 31 heavy (non-hydrogen) atoms. The monoisotopic (exact) mass is 427 g/mol. The number of ether oxygens (including phenoxy) is 2. The van der Waals surface area contributed by atoms with Crippen molar-refractivity contribution < 1.29 is 9.47 Å². The van der Waals surface area contributed by atoms with Gasteiger partial charge in [0.05, 0.1) is 19.9 Å². The van der Waals surface area contributed by atoms with Crippen LogP contribution in [0.1, 0.15) is 20.8 Å². The Morgan fingerprint density at radius 1 is 1.16 bits per heavy atom. The summed E-state index contributed by atoms with van der Waals surface area (Å²) in [7, 11) is 4.89. The average molecular weight is 428 g/mol. The van der Waals surface area contributed by atoms with E-state index in [1.807, 2.05) is 41.5 Å². The van der Waals surface area contributed by atoms with E-state index >= 15 is 0 Å². The Bertz CT molecular complexity index is 1250. The van der Waals surface area contributed by atoms with Gasteiger partial charge in [0.1, 0.15) is 11.5 Å². The fourth-order valence-corrected chi connectivity index (χ4v) is 4.24. The zero-order valence-electron chi connectivity index (χ0n) is 18.9. The van der Waals surface area contributed by atoms with Gasteiger partial charge in [-0.2, -0.15) is 4.98 Å². The SMILES string of the molecule is COc1ccc(N2C[C@H](C)Cn3c2nc2c3c(=O)n(CC(C)C)c(=O)n2C)c(OC)c1. The molecule has 0 bridgehead atoms. The number of anilines is 2. The van der Waals surface area contributed by atoms with Gasteiger partial charge in [0, 0.05) is 32.7 Å². The summed E-state index contributed by atoms with van der Waals surface area (Å²) in [6, 6.07) is 5.62. The van der Waals surface area contributed by atoms with Crippen molar-refractivity contribution in [3.05, 3.63) is 39.0 Å². The predicted molar refractivity (Wildman–Crippen MR) is 120 cm³/mol. The second-order valence-electron chi connectivity index (χ2n) is 8.60. The van der Waals surface area contributed by atoms with Gasteiger partial charge in [0.2, 0.25) is 5.95 Å². The minimum atomic E-state index is -0.344. The number of hydrogen-bond acceptors (Lipinski definition) is 6. The molecular weight excluding hydrogens is 398 g/mol. The first-order chi connectivity index (χ1) is 14.8. The van der Waals surface area contributed by atoms with Crippen molar-refractivity contribution >= 4 is 22.8 Å². The maximum absolute atomic E-state index is 13.4. The van der Waals surface area contributed by atoms with Gasteiger partial charge in [-0.3, -0.25) is 13.9 Å². The standard InChI is InChI=1S/C22H29N5O4/c1-13(2)10-27-20(28)18-19(24(4)22(27)29)23-21-25(11-14(3)12-26(18)21)16-8-7-15(30-5)9-17(16)31-6/h7-9,13-14H,10-12H2,1-6H3/t14-/m0/s1. The first kappa shape index (κ1) is 21.0. The molecule has 1 aliphatic rings. The van der Waals surface area contributed by atoms with E-state index in [-0.39, 0.29) is 23.1 Å². The molecule has 1 aromatic carbocycles. The minimum Gasteiger partial charge on any atom is -0.497 e. The van der Waals surface area contributed by atoms with E-state index in [1.165, 1.54) is 9.13 Å². The van der Waals surface area contributed by atoms with Gasteiger partial charge in [0.15, 0.2) is 11.2 Å². The smallest absolute Gasteiger partial charge is 0.332 e. The summed E-state index contributed by atoms with van der Waals surface area (Å²) in [6.45, 7) is 7.83. The number of hydrogen-bond donors (Lipinski definition) is 0. The molecule has 0 unspecified atom stereocenters. The van der Waals surface area contributed by atoms with E-state index in [4.69, 9.17) is 14.5 Å². The average Bonchev–Trinajstić information content (AvgIpc) is 3.13. The molecule has 1 aliphatic heterocycles. The number of nitrogens with zero attached hydrogens (tertiary/aromatic N) is 5. The molecule has 0 saturated carbocycles. The van der Waals surface area contributed by atoms with Crippen molar-refractivity contribution in [1.29, 1.82) is 0 Å². The normalized spacial score (nSPS) is 16.1. The van der Waals surface area contributed by atoms with Gasteiger partial charge in [-0.05, 0) is 24.0 Å². The zero-order valence-corrected chi connectivity index (χ0v) is 18.9. The van der Waals surface area contributed by atoms with E-state index in [2.05, 4.69) is 6.92 Å². The zero-order chi connectivity index (χ0) is 22.4. The number of benzene rings is 1. The van der Waals surface area contributed by atoms with Crippen LogP contribution < -0.4 is 25.6 Å². The Hall–Kier alpha value is -3.23. The molecule has 0 aliphatic carbocycles. The summed E-state index contributed by atoms with van der Waals surface area (Å²) < 4.78 is 15.7. The van der Waals surface area contributed by atoms with Gasteiger partial charge >= 0.3 is 5.69 Å². The molecule has 0 radical (unpaired) electrons. The first-order valence-corrected chi connectivity index (χ1v) is 10.5. The number of aryl methyl sites for hydroxylation is 1. The van der Waals surface area contributed by atoms with Crippen LogP contribution in [0.25, 0.3) is 11.2 Å². The van der Waals surface area contributed by atoms with Gasteiger partial charge in [-0.15, -0.1) is 0 Å². The molecule has 166 valence electrons. The second kappa shape index (κ2) is 7.79. The van der Waals surface area contributed by atoms with Crippen LogP contribution in [0.4, 0.5) is 11.6 Å². The molecule has 0 amide bonds. The van der Waals surface area contributed by atoms with Crippen LogP contribution >= 0.6 is 0 Å². The fraction of sp³-hybridized carbons (Fsp3) is 0.500. The van der Waals surface area contributed by atoms with Crippen molar-refractivity contribution in [2.45, 2.75) is 33.9 Å². The van der Waals surface area contributed by atoms with Gasteiger partial charge in [-0.1, -0.05) is 20.8 Å². The third-order valence-electron chi connectivity index (χ3n) is 5.67. The molecule has 3 aromatic rings. The highest BCUT2D eigenvalue weighted by molar-refractivity contribution is 5.78. The molecule has 3 heterocycles. The molecule has 1 atom stereocenters. The Kier molecular flexibility index (Phi) is 5.28. The number of methoxy groups -OCH3 is 2. The van der Waals surface area contributed by atoms with Crippen molar-refractivity contribution in [1.82, 2.24) is 18.7 Å². The van der Waals surface area contributed by atoms with Crippen LogP contribution in [-0.2, 0) is 20.1 Å². The molecule has 0 saturated heterocycles. The lowest BCUT2D eigenvalue weighted by Gasteiger charge is -2.33. The number of aromatic nitrogens is 4. The van der Waals surface area contributed by atoms with Crippen LogP contribution in [0.15, 0.2) is 27.8 Å². The Labute approximate surface area is 180 Å². The molecule has 9 heteroatoms. The molecular formula is C22H29N5O4.